The highest BCUT2D eigenvalue weighted by molar-refractivity contribution is 6.04. The molecule has 0 spiro atoms. The first-order valence-electron chi connectivity index (χ1n) is 12.6. The van der Waals surface area contributed by atoms with E-state index in [9.17, 15) is 4.79 Å². The Balaban J connectivity index is 1.35. The monoisotopic (exact) mass is 516 g/mol. The van der Waals surface area contributed by atoms with Gasteiger partial charge in [0, 0.05) is 67.2 Å². The highest BCUT2D eigenvalue weighted by Gasteiger charge is 2.47. The van der Waals surface area contributed by atoms with Crippen molar-refractivity contribution in [1.82, 2.24) is 14.8 Å². The minimum atomic E-state index is -2.94. The van der Waals surface area contributed by atoms with Gasteiger partial charge in [0.05, 0.1) is 12.7 Å². The van der Waals surface area contributed by atoms with Crippen molar-refractivity contribution in [2.24, 2.45) is 0 Å². The number of ether oxygens (including phenoxy) is 1. The highest BCUT2D eigenvalue weighted by atomic mass is 19.3. The number of carbonyl (C=O) groups is 1. The van der Waals surface area contributed by atoms with Crippen molar-refractivity contribution in [2.45, 2.75) is 25.3 Å². The van der Waals surface area contributed by atoms with Gasteiger partial charge in [-0.2, -0.15) is 0 Å². The van der Waals surface area contributed by atoms with Crippen LogP contribution in [0.1, 0.15) is 50.6 Å². The van der Waals surface area contributed by atoms with Crippen molar-refractivity contribution in [3.63, 3.8) is 0 Å². The van der Waals surface area contributed by atoms with Crippen LogP contribution in [0.25, 0.3) is 0 Å². The molecule has 8 heteroatoms. The lowest BCUT2D eigenvalue weighted by atomic mass is 10.0. The number of nitrogens with one attached hydrogen (secondary N) is 1. The first-order valence-corrected chi connectivity index (χ1v) is 12.6. The maximum atomic E-state index is 15.1. The largest absolute Gasteiger partial charge is 0.480 e. The van der Waals surface area contributed by atoms with Crippen LogP contribution in [0.15, 0.2) is 54.7 Å². The Morgan fingerprint density at radius 1 is 1.08 bits per heavy atom. The zero-order valence-electron chi connectivity index (χ0n) is 21.7. The normalized spacial score (nSPS) is 18.8. The van der Waals surface area contributed by atoms with E-state index in [1.165, 1.54) is 13.2 Å². The Labute approximate surface area is 221 Å². The molecule has 1 aliphatic carbocycles. The summed E-state index contributed by atoms with van der Waals surface area (Å²) in [5, 5.41) is 2.79. The average molecular weight is 517 g/mol. The lowest BCUT2D eigenvalue weighted by Gasteiger charge is -2.36. The molecule has 0 bridgehead atoms. The number of aryl methyl sites for hydroxylation is 1. The Hall–Kier alpha value is -3.80. The quantitative estimate of drug-likeness (QED) is 0.504. The van der Waals surface area contributed by atoms with Crippen LogP contribution >= 0.6 is 0 Å². The number of hydrogen-bond acceptors (Lipinski definition) is 5. The number of nitrogens with zero attached hydrogens (tertiary/aromatic N) is 3. The molecule has 5 rings (SSSR count). The van der Waals surface area contributed by atoms with Crippen LogP contribution in [0.5, 0.6) is 5.88 Å². The number of amides is 1. The smallest absolute Gasteiger partial charge is 0.275 e. The topological polar surface area (TPSA) is 57.7 Å². The van der Waals surface area contributed by atoms with Crippen molar-refractivity contribution in [1.29, 1.82) is 0 Å². The fourth-order valence-electron chi connectivity index (χ4n) is 5.05. The highest BCUT2D eigenvalue weighted by Crippen LogP contribution is 2.50. The summed E-state index contributed by atoms with van der Waals surface area (Å²) in [6.45, 7) is 5.17. The molecule has 1 N–H and O–H groups in total. The lowest BCUT2D eigenvalue weighted by Crippen LogP contribution is -2.45. The molecule has 1 amide bonds. The molecule has 6 nitrogen and oxygen atoms in total. The number of anilines is 1. The van der Waals surface area contributed by atoms with Crippen molar-refractivity contribution in [3.05, 3.63) is 88.1 Å². The number of piperazine rings is 1. The number of rotatable bonds is 4. The molecule has 2 aliphatic rings. The van der Waals surface area contributed by atoms with E-state index in [2.05, 4.69) is 31.9 Å². The zero-order chi connectivity index (χ0) is 26.9. The number of methoxy groups -OCH3 is 1. The van der Waals surface area contributed by atoms with Gasteiger partial charge in [-0.1, -0.05) is 24.0 Å². The number of alkyl halides is 2. The predicted molar refractivity (Wildman–Crippen MR) is 143 cm³/mol. The summed E-state index contributed by atoms with van der Waals surface area (Å²) in [4.78, 5) is 21.6. The van der Waals surface area contributed by atoms with E-state index in [0.717, 1.165) is 31.7 Å². The molecule has 1 aromatic heterocycles. The maximum absolute atomic E-state index is 15.1. The van der Waals surface area contributed by atoms with Crippen LogP contribution in [-0.4, -0.2) is 61.0 Å². The third-order valence-electron chi connectivity index (χ3n) is 7.29. The van der Waals surface area contributed by atoms with Crippen LogP contribution in [0.2, 0.25) is 0 Å². The third-order valence-corrected chi connectivity index (χ3v) is 7.29. The van der Waals surface area contributed by atoms with Crippen LogP contribution in [0.3, 0.4) is 0 Å². The SMILES string of the molecule is COc1ncccc1C#Cc1cc(C(=O)Nc2ccc3c(c2)C(F)(F)CC3N2CCN(C)CC2)ccc1C. The van der Waals surface area contributed by atoms with Gasteiger partial charge in [0.1, 0.15) is 0 Å². The minimum absolute atomic E-state index is 0.0000998. The second-order valence-corrected chi connectivity index (χ2v) is 9.86. The summed E-state index contributed by atoms with van der Waals surface area (Å²) in [6, 6.07) is 13.4. The summed E-state index contributed by atoms with van der Waals surface area (Å²) >= 11 is 0. The van der Waals surface area contributed by atoms with Crippen LogP contribution in [-0.2, 0) is 5.92 Å². The van der Waals surface area contributed by atoms with E-state index in [0.29, 0.717) is 33.8 Å². The Morgan fingerprint density at radius 3 is 2.61 bits per heavy atom. The van der Waals surface area contributed by atoms with E-state index in [-0.39, 0.29) is 23.9 Å². The third kappa shape index (κ3) is 5.26. The van der Waals surface area contributed by atoms with Crippen molar-refractivity contribution < 1.29 is 18.3 Å². The molecular weight excluding hydrogens is 486 g/mol. The fraction of sp³-hybridized carbons (Fsp3) is 0.333. The molecular formula is C30H30F2N4O2. The summed E-state index contributed by atoms with van der Waals surface area (Å²) in [5.41, 5.74) is 3.61. The molecule has 1 saturated heterocycles. The summed E-state index contributed by atoms with van der Waals surface area (Å²) in [7, 11) is 3.58. The van der Waals surface area contributed by atoms with Gasteiger partial charge in [-0.15, -0.1) is 0 Å². The molecule has 0 radical (unpaired) electrons. The number of benzene rings is 2. The van der Waals surface area contributed by atoms with Crippen molar-refractivity contribution >= 4 is 11.6 Å². The zero-order valence-corrected chi connectivity index (χ0v) is 21.7. The molecule has 1 fully saturated rings. The minimum Gasteiger partial charge on any atom is -0.480 e. The standard InChI is InChI=1S/C30H30F2N4O2/c1-20-6-7-23(17-22(20)9-8-21-5-4-12-33-29(21)38-3)28(37)34-24-10-11-25-26(18-24)30(31,32)19-27(25)36-15-13-35(2)14-16-36/h4-7,10-12,17-18,27H,13-16,19H2,1-3H3,(H,34,37). The molecule has 38 heavy (non-hydrogen) atoms. The number of aromatic nitrogens is 1. The molecule has 2 heterocycles. The first-order chi connectivity index (χ1) is 18.2. The van der Waals surface area contributed by atoms with Gasteiger partial charge in [0.2, 0.25) is 5.88 Å². The van der Waals surface area contributed by atoms with Gasteiger partial charge in [0.25, 0.3) is 11.8 Å². The van der Waals surface area contributed by atoms with Gasteiger partial charge in [-0.05, 0) is 61.5 Å². The molecule has 196 valence electrons. The number of likely N-dealkylation sites (N-methyl/N-ethyl adjacent to an activating group) is 1. The molecule has 0 saturated carbocycles. The van der Waals surface area contributed by atoms with Gasteiger partial charge >= 0.3 is 0 Å². The van der Waals surface area contributed by atoms with E-state index in [4.69, 9.17) is 4.74 Å². The molecule has 2 aromatic carbocycles. The van der Waals surface area contributed by atoms with Gasteiger partial charge in [0.15, 0.2) is 0 Å². The number of pyridine rings is 1. The van der Waals surface area contributed by atoms with Crippen molar-refractivity contribution in [2.75, 3.05) is 45.7 Å². The summed E-state index contributed by atoms with van der Waals surface area (Å²) in [6.07, 6.45) is 1.40. The maximum Gasteiger partial charge on any atom is 0.275 e. The Kier molecular flexibility index (Phi) is 7.15. The predicted octanol–water partition coefficient (Wildman–Crippen LogP) is 4.83. The van der Waals surface area contributed by atoms with Gasteiger partial charge in [-0.3, -0.25) is 9.69 Å². The molecule has 1 unspecified atom stereocenters. The van der Waals surface area contributed by atoms with E-state index in [1.807, 2.05) is 26.1 Å². The van der Waals surface area contributed by atoms with E-state index >= 15 is 8.78 Å². The molecule has 1 aliphatic heterocycles. The number of fused-ring (bicyclic) bond motifs is 1. The second kappa shape index (κ2) is 10.5. The number of halogens is 2. The Morgan fingerprint density at radius 2 is 1.84 bits per heavy atom. The van der Waals surface area contributed by atoms with Gasteiger partial charge < -0.3 is 15.0 Å². The average Bonchev–Trinajstić information content (AvgIpc) is 3.18. The van der Waals surface area contributed by atoms with Crippen LogP contribution in [0.4, 0.5) is 14.5 Å². The van der Waals surface area contributed by atoms with Crippen LogP contribution in [0, 0.1) is 18.8 Å². The number of carbonyl (C=O) groups excluding carboxylic acids is 1. The number of hydrogen-bond donors (Lipinski definition) is 1. The van der Waals surface area contributed by atoms with Crippen molar-refractivity contribution in [3.8, 4) is 17.7 Å². The van der Waals surface area contributed by atoms with E-state index < -0.39 is 5.92 Å². The molecule has 3 aromatic rings. The van der Waals surface area contributed by atoms with Crippen LogP contribution < -0.4 is 10.1 Å². The lowest BCUT2D eigenvalue weighted by molar-refractivity contribution is -0.0257. The van der Waals surface area contributed by atoms with E-state index in [1.54, 1.807) is 36.5 Å². The molecule has 1 atom stereocenters. The first kappa shape index (κ1) is 25.8. The summed E-state index contributed by atoms with van der Waals surface area (Å²) in [5.74, 6) is 3.24. The Bertz CT molecular complexity index is 1420. The summed E-state index contributed by atoms with van der Waals surface area (Å²) < 4.78 is 35.4. The second-order valence-electron chi connectivity index (χ2n) is 9.86. The van der Waals surface area contributed by atoms with Gasteiger partial charge in [-0.25, -0.2) is 13.8 Å². The fourth-order valence-corrected chi connectivity index (χ4v) is 5.05.